The molecule has 1 atom stereocenters. The van der Waals surface area contributed by atoms with E-state index in [0.717, 1.165) is 12.8 Å². The molecule has 68 valence electrons. The van der Waals surface area contributed by atoms with Gasteiger partial charge in [0.2, 0.25) is 0 Å². The van der Waals surface area contributed by atoms with Gasteiger partial charge in [-0.05, 0) is 12.8 Å². The molecule has 0 bridgehead atoms. The van der Waals surface area contributed by atoms with Crippen molar-refractivity contribution in [2.75, 3.05) is 0 Å². The van der Waals surface area contributed by atoms with E-state index < -0.39 is 6.10 Å². The third-order valence-corrected chi connectivity index (χ3v) is 1.88. The van der Waals surface area contributed by atoms with Gasteiger partial charge in [0.05, 0.1) is 11.9 Å². The van der Waals surface area contributed by atoms with Gasteiger partial charge < -0.3 is 5.11 Å². The Kier molecular flexibility index (Phi) is 2.18. The number of aliphatic hydroxyl groups excluding tert-OH is 1. The lowest BCUT2D eigenvalue weighted by Gasteiger charge is -2.10. The summed E-state index contributed by atoms with van der Waals surface area (Å²) in [7, 11) is 0. The first-order chi connectivity index (χ1) is 6.38. The first kappa shape index (κ1) is 8.12. The van der Waals surface area contributed by atoms with Crippen LogP contribution in [-0.2, 0) is 0 Å². The number of allylic oxidation sites excluding steroid dienone is 1. The Morgan fingerprint density at radius 3 is 3.00 bits per heavy atom. The molecule has 13 heavy (non-hydrogen) atoms. The average molecular weight is 178 g/mol. The van der Waals surface area contributed by atoms with Crippen LogP contribution in [0.15, 0.2) is 23.0 Å². The van der Waals surface area contributed by atoms with Crippen LogP contribution in [0, 0.1) is 0 Å². The van der Waals surface area contributed by atoms with E-state index in [-0.39, 0.29) is 0 Å². The first-order valence-electron chi connectivity index (χ1n) is 4.14. The number of hydrogen-bond donors (Lipinski definition) is 2. The fourth-order valence-corrected chi connectivity index (χ4v) is 1.20. The smallest absolute Gasteiger partial charge is 0.141 e. The van der Waals surface area contributed by atoms with Crippen LogP contribution in [0.2, 0.25) is 0 Å². The minimum Gasteiger partial charge on any atom is -0.380 e. The van der Waals surface area contributed by atoms with Gasteiger partial charge in [-0.25, -0.2) is 0 Å². The second-order valence-corrected chi connectivity index (χ2v) is 2.82. The largest absolute Gasteiger partial charge is 0.380 e. The molecule has 0 aliphatic carbocycles. The van der Waals surface area contributed by atoms with Crippen molar-refractivity contribution in [3.05, 3.63) is 23.7 Å². The van der Waals surface area contributed by atoms with Gasteiger partial charge in [0, 0.05) is 6.21 Å². The topological polar surface area (TPSA) is 74.2 Å². The Labute approximate surface area is 75.2 Å². The van der Waals surface area contributed by atoms with E-state index >= 15 is 0 Å². The van der Waals surface area contributed by atoms with Crippen molar-refractivity contribution in [3.8, 4) is 0 Å². The molecule has 0 aromatic carbocycles. The van der Waals surface area contributed by atoms with E-state index in [9.17, 15) is 5.11 Å². The number of aliphatic hydroxyl groups is 1. The summed E-state index contributed by atoms with van der Waals surface area (Å²) >= 11 is 0. The summed E-state index contributed by atoms with van der Waals surface area (Å²) in [5, 5.41) is 19.6. The lowest BCUT2D eigenvalue weighted by atomic mass is 10.1. The number of nitrogens with one attached hydrogen (secondary N) is 1. The van der Waals surface area contributed by atoms with Crippen molar-refractivity contribution >= 4 is 6.21 Å². The third kappa shape index (κ3) is 1.65. The standard InChI is InChI=1S/C8H10N4O/c13-8(7-5-10-12-11-7)6-3-1-2-4-9-6/h3-5,8,13H,1-2H2,(H,10,11,12). The van der Waals surface area contributed by atoms with Gasteiger partial charge in [-0.15, -0.1) is 0 Å². The highest BCUT2D eigenvalue weighted by atomic mass is 16.3. The fourth-order valence-electron chi connectivity index (χ4n) is 1.20. The number of aromatic nitrogens is 3. The molecule has 5 nitrogen and oxygen atoms in total. The maximum absolute atomic E-state index is 9.73. The lowest BCUT2D eigenvalue weighted by molar-refractivity contribution is 0.208. The molecule has 0 saturated carbocycles. The number of rotatable bonds is 2. The van der Waals surface area contributed by atoms with Crippen molar-refractivity contribution in [1.82, 2.24) is 15.4 Å². The van der Waals surface area contributed by atoms with Gasteiger partial charge in [-0.3, -0.25) is 4.99 Å². The highest BCUT2D eigenvalue weighted by Gasteiger charge is 2.15. The highest BCUT2D eigenvalue weighted by molar-refractivity contribution is 5.61. The Morgan fingerprint density at radius 1 is 1.46 bits per heavy atom. The zero-order chi connectivity index (χ0) is 9.10. The Bertz CT molecular complexity index is 328. The summed E-state index contributed by atoms with van der Waals surface area (Å²) in [4.78, 5) is 4.09. The maximum Gasteiger partial charge on any atom is 0.141 e. The summed E-state index contributed by atoms with van der Waals surface area (Å²) in [5.41, 5.74) is 1.16. The fraction of sp³-hybridized carbons (Fsp3) is 0.375. The molecule has 5 heteroatoms. The average Bonchev–Trinajstić information content (AvgIpc) is 2.71. The maximum atomic E-state index is 9.73. The number of aromatic amines is 1. The molecule has 0 saturated heterocycles. The Balaban J connectivity index is 2.17. The molecule has 0 amide bonds. The molecule has 2 N–H and O–H groups in total. The van der Waals surface area contributed by atoms with Gasteiger partial charge in [0.15, 0.2) is 0 Å². The summed E-state index contributed by atoms with van der Waals surface area (Å²) in [6.07, 6.45) is 6.33. The lowest BCUT2D eigenvalue weighted by Crippen LogP contribution is -2.03. The predicted octanol–water partition coefficient (Wildman–Crippen LogP) is 0.587. The highest BCUT2D eigenvalue weighted by Crippen LogP contribution is 2.22. The summed E-state index contributed by atoms with van der Waals surface area (Å²) < 4.78 is 0. The molecule has 1 aromatic heterocycles. The van der Waals surface area contributed by atoms with Crippen molar-refractivity contribution in [2.45, 2.75) is 18.9 Å². The monoisotopic (exact) mass is 178 g/mol. The van der Waals surface area contributed by atoms with Crippen LogP contribution in [0.4, 0.5) is 0 Å². The van der Waals surface area contributed by atoms with E-state index in [2.05, 4.69) is 20.4 Å². The number of hydrogen-bond acceptors (Lipinski definition) is 4. The molecule has 1 aliphatic heterocycles. The zero-order valence-corrected chi connectivity index (χ0v) is 7.01. The van der Waals surface area contributed by atoms with Crippen LogP contribution in [0.3, 0.4) is 0 Å². The SMILES string of the molecule is OC(C1=CCCC=N1)c1cn[nH]n1. The van der Waals surface area contributed by atoms with Crippen LogP contribution < -0.4 is 0 Å². The molecule has 2 rings (SSSR count). The van der Waals surface area contributed by atoms with E-state index in [1.165, 1.54) is 6.20 Å². The minimum atomic E-state index is -0.754. The van der Waals surface area contributed by atoms with Gasteiger partial charge in [0.25, 0.3) is 0 Å². The van der Waals surface area contributed by atoms with Crippen LogP contribution in [0.1, 0.15) is 24.6 Å². The normalized spacial score (nSPS) is 18.4. The third-order valence-electron chi connectivity index (χ3n) is 1.88. The van der Waals surface area contributed by atoms with E-state index in [1.54, 1.807) is 6.21 Å². The molecule has 2 heterocycles. The molecule has 1 aliphatic rings. The van der Waals surface area contributed by atoms with Crippen molar-refractivity contribution < 1.29 is 5.11 Å². The summed E-state index contributed by atoms with van der Waals surface area (Å²) in [6.45, 7) is 0. The van der Waals surface area contributed by atoms with Gasteiger partial charge in [-0.2, -0.15) is 15.4 Å². The van der Waals surface area contributed by atoms with Gasteiger partial charge in [0.1, 0.15) is 11.8 Å². The zero-order valence-electron chi connectivity index (χ0n) is 7.01. The molecule has 1 unspecified atom stereocenters. The van der Waals surface area contributed by atoms with Crippen molar-refractivity contribution in [1.29, 1.82) is 0 Å². The quantitative estimate of drug-likeness (QED) is 0.695. The van der Waals surface area contributed by atoms with E-state index in [0.29, 0.717) is 11.4 Å². The molecule has 1 aromatic rings. The molecule has 0 spiro atoms. The first-order valence-corrected chi connectivity index (χ1v) is 4.14. The Hall–Kier alpha value is -1.49. The van der Waals surface area contributed by atoms with Gasteiger partial charge in [-0.1, -0.05) is 6.08 Å². The minimum absolute atomic E-state index is 0.505. The van der Waals surface area contributed by atoms with Gasteiger partial charge >= 0.3 is 0 Å². The van der Waals surface area contributed by atoms with Crippen molar-refractivity contribution in [2.24, 2.45) is 4.99 Å². The summed E-state index contributed by atoms with van der Waals surface area (Å²) in [6, 6.07) is 0. The number of H-pyrrole nitrogens is 1. The Morgan fingerprint density at radius 2 is 2.38 bits per heavy atom. The summed E-state index contributed by atoms with van der Waals surface area (Å²) in [5.74, 6) is 0. The second-order valence-electron chi connectivity index (χ2n) is 2.82. The number of nitrogens with zero attached hydrogens (tertiary/aromatic N) is 3. The number of aliphatic imine (C=N–C) groups is 1. The second kappa shape index (κ2) is 3.49. The molecule has 0 radical (unpaired) electrons. The molecular weight excluding hydrogens is 168 g/mol. The molecule has 0 fully saturated rings. The van der Waals surface area contributed by atoms with E-state index in [4.69, 9.17) is 0 Å². The van der Waals surface area contributed by atoms with Crippen LogP contribution >= 0.6 is 0 Å². The molecular formula is C8H10N4O. The van der Waals surface area contributed by atoms with Crippen LogP contribution in [0.25, 0.3) is 0 Å². The predicted molar refractivity (Wildman–Crippen MR) is 47.2 cm³/mol. The van der Waals surface area contributed by atoms with Crippen LogP contribution in [0.5, 0.6) is 0 Å². The van der Waals surface area contributed by atoms with E-state index in [1.807, 2.05) is 6.08 Å². The van der Waals surface area contributed by atoms with Crippen molar-refractivity contribution in [3.63, 3.8) is 0 Å². The van der Waals surface area contributed by atoms with Crippen LogP contribution in [-0.4, -0.2) is 26.7 Å².